The van der Waals surface area contributed by atoms with Gasteiger partial charge in [-0.15, -0.1) is 0 Å². The van der Waals surface area contributed by atoms with Gasteiger partial charge in [0.05, 0.1) is 17.4 Å². The largest absolute Gasteiger partial charge is 1.00 e. The third-order valence-corrected chi connectivity index (χ3v) is 4.23. The quantitative estimate of drug-likeness (QED) is 0.404. The maximum Gasteiger partial charge on any atom is 1.00 e. The number of hydrogen-bond acceptors (Lipinski definition) is 4. The summed E-state index contributed by atoms with van der Waals surface area (Å²) in [7, 11) is 0. The standard InChI is InChI=1S/C17H14O4.2K/c18-15(19)17(16(20)21)13-9-5-4-8-12(13)10-14(17)11-6-2-1-3-7-11;;/h1-9,14H,10H2,(H,18,19)(H,20,21);;/q;2*+1/p-2. The van der Waals surface area contributed by atoms with Crippen molar-refractivity contribution in [2.24, 2.45) is 0 Å². The summed E-state index contributed by atoms with van der Waals surface area (Å²) in [4.78, 5) is 23.6. The molecule has 0 N–H and O–H groups in total. The van der Waals surface area contributed by atoms with Crippen molar-refractivity contribution >= 4 is 11.9 Å². The number of carbonyl (C=O) groups is 2. The zero-order valence-corrected chi connectivity index (χ0v) is 19.4. The molecular weight excluding hydrogens is 346 g/mol. The van der Waals surface area contributed by atoms with Crippen molar-refractivity contribution in [1.29, 1.82) is 0 Å². The van der Waals surface area contributed by atoms with Crippen molar-refractivity contribution < 1.29 is 123 Å². The molecular formula is C17H12K2O4. The van der Waals surface area contributed by atoms with Gasteiger partial charge in [0.1, 0.15) is 0 Å². The van der Waals surface area contributed by atoms with Crippen LogP contribution >= 0.6 is 0 Å². The number of carboxylic acids is 2. The fourth-order valence-electron chi connectivity index (χ4n) is 3.28. The first-order chi connectivity index (χ1) is 10.1. The molecule has 6 heteroatoms. The molecule has 0 saturated heterocycles. The predicted octanol–water partition coefficient (Wildman–Crippen LogP) is -6.23. The number of rotatable bonds is 3. The van der Waals surface area contributed by atoms with Crippen molar-refractivity contribution in [3.8, 4) is 0 Å². The minimum absolute atomic E-state index is 0. The normalized spacial score (nSPS) is 17.3. The van der Waals surface area contributed by atoms with E-state index in [0.29, 0.717) is 17.5 Å². The van der Waals surface area contributed by atoms with Crippen molar-refractivity contribution in [2.45, 2.75) is 17.8 Å². The van der Waals surface area contributed by atoms with Crippen LogP contribution in [0.15, 0.2) is 54.6 Å². The van der Waals surface area contributed by atoms with E-state index >= 15 is 0 Å². The van der Waals surface area contributed by atoms with Crippen molar-refractivity contribution in [1.82, 2.24) is 0 Å². The molecule has 0 amide bonds. The van der Waals surface area contributed by atoms with E-state index in [1.807, 2.05) is 0 Å². The summed E-state index contributed by atoms with van der Waals surface area (Å²) in [6, 6.07) is 15.5. The number of carbonyl (C=O) groups excluding carboxylic acids is 2. The Kier molecular flexibility index (Phi) is 8.34. The van der Waals surface area contributed by atoms with Crippen molar-refractivity contribution in [3.63, 3.8) is 0 Å². The number of hydrogen-bond donors (Lipinski definition) is 0. The fourth-order valence-corrected chi connectivity index (χ4v) is 3.28. The smallest absolute Gasteiger partial charge is 0.549 e. The summed E-state index contributed by atoms with van der Waals surface area (Å²) < 4.78 is 0. The first kappa shape index (κ1) is 21.7. The second-order valence-electron chi connectivity index (χ2n) is 5.21. The molecule has 0 saturated carbocycles. The summed E-state index contributed by atoms with van der Waals surface area (Å²) >= 11 is 0. The molecule has 0 heterocycles. The van der Waals surface area contributed by atoms with Gasteiger partial charge in [0, 0.05) is 5.92 Å². The Hall–Kier alpha value is 0.653. The minimum atomic E-state index is -2.14. The van der Waals surface area contributed by atoms with Gasteiger partial charge >= 0.3 is 103 Å². The molecule has 0 fully saturated rings. The van der Waals surface area contributed by atoms with Gasteiger partial charge in [-0.05, 0) is 23.1 Å². The Morgan fingerprint density at radius 1 is 0.870 bits per heavy atom. The van der Waals surface area contributed by atoms with Crippen LogP contribution in [0.1, 0.15) is 22.6 Å². The van der Waals surface area contributed by atoms with Crippen molar-refractivity contribution in [2.75, 3.05) is 0 Å². The number of benzene rings is 2. The Bertz CT molecular complexity index is 702. The van der Waals surface area contributed by atoms with E-state index < -0.39 is 23.3 Å². The van der Waals surface area contributed by atoms with Crippen LogP contribution in [0.5, 0.6) is 0 Å². The van der Waals surface area contributed by atoms with Gasteiger partial charge in [0.2, 0.25) is 0 Å². The Labute approximate surface area is 219 Å². The molecule has 0 spiro atoms. The molecule has 23 heavy (non-hydrogen) atoms. The van der Waals surface area contributed by atoms with E-state index in [4.69, 9.17) is 0 Å². The summed E-state index contributed by atoms with van der Waals surface area (Å²) in [6.07, 6.45) is 0.335. The maximum atomic E-state index is 11.8. The second kappa shape index (κ2) is 8.84. The van der Waals surface area contributed by atoms with Crippen LogP contribution < -0.4 is 113 Å². The fraction of sp³-hybridized carbons (Fsp3) is 0.176. The molecule has 0 aromatic heterocycles. The average Bonchev–Trinajstić information content (AvgIpc) is 2.84. The predicted molar refractivity (Wildman–Crippen MR) is 71.0 cm³/mol. The van der Waals surface area contributed by atoms with E-state index in [1.54, 1.807) is 48.5 Å². The van der Waals surface area contributed by atoms with E-state index in [1.165, 1.54) is 6.07 Å². The van der Waals surface area contributed by atoms with Gasteiger partial charge in [-0.25, -0.2) is 0 Å². The monoisotopic (exact) mass is 358 g/mol. The van der Waals surface area contributed by atoms with E-state index in [2.05, 4.69) is 0 Å². The number of aliphatic carboxylic acids is 2. The average molecular weight is 358 g/mol. The van der Waals surface area contributed by atoms with E-state index in [-0.39, 0.29) is 108 Å². The van der Waals surface area contributed by atoms with Crippen LogP contribution in [0.4, 0.5) is 0 Å². The van der Waals surface area contributed by atoms with Crippen LogP contribution in [0.2, 0.25) is 0 Å². The molecule has 2 aromatic carbocycles. The Morgan fingerprint density at radius 2 is 1.39 bits per heavy atom. The summed E-state index contributed by atoms with van der Waals surface area (Å²) in [5, 5.41) is 23.6. The van der Waals surface area contributed by atoms with Gasteiger partial charge in [0.25, 0.3) is 0 Å². The molecule has 1 aliphatic rings. The van der Waals surface area contributed by atoms with Gasteiger partial charge < -0.3 is 19.8 Å². The first-order valence-corrected chi connectivity index (χ1v) is 6.64. The molecule has 0 bridgehead atoms. The molecule has 106 valence electrons. The molecule has 2 aromatic rings. The van der Waals surface area contributed by atoms with E-state index in [9.17, 15) is 19.8 Å². The summed E-state index contributed by atoms with van der Waals surface area (Å²) in [5.74, 6) is -3.98. The summed E-state index contributed by atoms with van der Waals surface area (Å²) in [5.41, 5.74) is -0.515. The topological polar surface area (TPSA) is 80.3 Å². The molecule has 1 atom stereocenters. The Balaban J connectivity index is 0.00000132. The number of carboxylic acid groups (broad SMARTS) is 2. The zero-order valence-electron chi connectivity index (χ0n) is 13.1. The minimum Gasteiger partial charge on any atom is -0.549 e. The van der Waals surface area contributed by atoms with E-state index in [0.717, 1.165) is 0 Å². The SMILES string of the molecule is O=C([O-])C1(C(=O)[O-])c2ccccc2CC1c1ccccc1.[K+].[K+]. The first-order valence-electron chi connectivity index (χ1n) is 6.64. The third kappa shape index (κ3) is 3.62. The van der Waals surface area contributed by atoms with Gasteiger partial charge in [-0.3, -0.25) is 0 Å². The third-order valence-electron chi connectivity index (χ3n) is 4.23. The molecule has 4 nitrogen and oxygen atoms in total. The zero-order chi connectivity index (χ0) is 15.0. The van der Waals surface area contributed by atoms with Crippen LogP contribution in [0.25, 0.3) is 0 Å². The molecule has 1 aliphatic carbocycles. The van der Waals surface area contributed by atoms with Crippen molar-refractivity contribution in [3.05, 3.63) is 71.3 Å². The molecule has 3 rings (SSSR count). The van der Waals surface area contributed by atoms with Crippen LogP contribution in [0, 0.1) is 0 Å². The van der Waals surface area contributed by atoms with Crippen LogP contribution in [-0.2, 0) is 21.4 Å². The van der Waals surface area contributed by atoms with Crippen LogP contribution in [0.3, 0.4) is 0 Å². The van der Waals surface area contributed by atoms with Gasteiger partial charge in [-0.1, -0.05) is 54.6 Å². The number of fused-ring (bicyclic) bond motifs is 1. The summed E-state index contributed by atoms with van der Waals surface area (Å²) in [6.45, 7) is 0. The molecule has 0 aliphatic heterocycles. The Morgan fingerprint density at radius 3 is 1.96 bits per heavy atom. The van der Waals surface area contributed by atoms with Gasteiger partial charge in [0.15, 0.2) is 0 Å². The molecule has 0 radical (unpaired) electrons. The van der Waals surface area contributed by atoms with Gasteiger partial charge in [-0.2, -0.15) is 0 Å². The molecule has 1 unspecified atom stereocenters. The second-order valence-corrected chi connectivity index (χ2v) is 5.21. The maximum absolute atomic E-state index is 11.8. The van der Waals surface area contributed by atoms with Crippen LogP contribution in [-0.4, -0.2) is 11.9 Å².